The lowest BCUT2D eigenvalue weighted by molar-refractivity contribution is -0.136. The van der Waals surface area contributed by atoms with Crippen LogP contribution in [0.1, 0.15) is 12.1 Å². The Hall–Kier alpha value is -2.17. The molecule has 0 bridgehead atoms. The minimum atomic E-state index is -0.832. The Balaban J connectivity index is 2.28. The quantitative estimate of drug-likeness (QED) is 0.867. The molecule has 88 valence electrons. The fraction of sp³-hybridized carbons (Fsp3) is 0.250. The lowest BCUT2D eigenvalue weighted by Crippen LogP contribution is -2.00. The van der Waals surface area contributed by atoms with Gasteiger partial charge in [0.1, 0.15) is 5.75 Å². The average molecular weight is 232 g/mol. The molecule has 0 aliphatic rings. The summed E-state index contributed by atoms with van der Waals surface area (Å²) < 4.78 is 5.09. The van der Waals surface area contributed by atoms with Crippen molar-refractivity contribution >= 4 is 16.9 Å². The zero-order valence-corrected chi connectivity index (χ0v) is 9.38. The average Bonchev–Trinajstić information content (AvgIpc) is 2.35. The highest BCUT2D eigenvalue weighted by atomic mass is 16.5. The van der Waals surface area contributed by atoms with Gasteiger partial charge in [-0.1, -0.05) is 0 Å². The monoisotopic (exact) mass is 232 g/mol. The van der Waals surface area contributed by atoms with Crippen molar-refractivity contribution in [1.82, 2.24) is 10.2 Å². The molecule has 0 fully saturated rings. The molecular weight excluding hydrogens is 220 g/mol. The number of hydrogen-bond donors (Lipinski definition) is 1. The highest BCUT2D eigenvalue weighted by Gasteiger charge is 2.04. The first kappa shape index (κ1) is 11.3. The number of hydrogen-bond acceptors (Lipinski definition) is 4. The van der Waals surface area contributed by atoms with Crippen molar-refractivity contribution in [2.45, 2.75) is 12.8 Å². The summed E-state index contributed by atoms with van der Waals surface area (Å²) >= 11 is 0. The number of aliphatic carboxylic acids is 1. The van der Waals surface area contributed by atoms with Gasteiger partial charge in [-0.3, -0.25) is 4.79 Å². The fourth-order valence-corrected chi connectivity index (χ4v) is 1.54. The number of carboxylic acids is 1. The molecule has 17 heavy (non-hydrogen) atoms. The molecule has 5 heteroatoms. The highest BCUT2D eigenvalue weighted by molar-refractivity contribution is 5.79. The molecule has 0 radical (unpaired) electrons. The Morgan fingerprint density at radius 3 is 2.88 bits per heavy atom. The molecule has 0 aliphatic carbocycles. The first-order chi connectivity index (χ1) is 8.19. The molecule has 2 aromatic rings. The zero-order chi connectivity index (χ0) is 12.3. The van der Waals surface area contributed by atoms with Crippen LogP contribution in [0.4, 0.5) is 0 Å². The third-order valence-corrected chi connectivity index (χ3v) is 2.44. The maximum Gasteiger partial charge on any atom is 0.303 e. The Kier molecular flexibility index (Phi) is 3.18. The van der Waals surface area contributed by atoms with Gasteiger partial charge in [0.25, 0.3) is 0 Å². The van der Waals surface area contributed by atoms with Gasteiger partial charge in [0.05, 0.1) is 24.7 Å². The molecule has 5 nitrogen and oxygen atoms in total. The maximum atomic E-state index is 10.5. The molecule has 1 N–H and O–H groups in total. The van der Waals surface area contributed by atoms with Crippen molar-refractivity contribution in [1.29, 1.82) is 0 Å². The number of carbonyl (C=O) groups is 1. The van der Waals surface area contributed by atoms with Gasteiger partial charge in [-0.05, 0) is 18.2 Å². The second-order valence-electron chi connectivity index (χ2n) is 3.65. The number of rotatable bonds is 4. The number of nitrogens with zero attached hydrogens (tertiary/aromatic N) is 2. The summed E-state index contributed by atoms with van der Waals surface area (Å²) in [4.78, 5) is 10.5. The van der Waals surface area contributed by atoms with E-state index in [1.54, 1.807) is 13.2 Å². The van der Waals surface area contributed by atoms with E-state index in [0.29, 0.717) is 12.1 Å². The standard InChI is InChI=1S/C12H12N2O3/c1-17-10-4-2-8-6-9(3-5-12(15)16)13-14-11(8)7-10/h2,4,6-7H,3,5H2,1H3,(H,15,16). The SMILES string of the molecule is COc1ccc2cc(CCC(=O)O)nnc2c1. The van der Waals surface area contributed by atoms with E-state index in [1.807, 2.05) is 18.2 Å². The molecule has 0 saturated carbocycles. The number of benzene rings is 1. The Morgan fingerprint density at radius 2 is 2.18 bits per heavy atom. The van der Waals surface area contributed by atoms with Crippen LogP contribution >= 0.6 is 0 Å². The molecular formula is C12H12N2O3. The van der Waals surface area contributed by atoms with Crippen LogP contribution in [0, 0.1) is 0 Å². The van der Waals surface area contributed by atoms with Gasteiger partial charge >= 0.3 is 5.97 Å². The smallest absolute Gasteiger partial charge is 0.303 e. The molecule has 1 aromatic heterocycles. The van der Waals surface area contributed by atoms with E-state index in [-0.39, 0.29) is 6.42 Å². The second kappa shape index (κ2) is 4.78. The van der Waals surface area contributed by atoms with Crippen LogP contribution in [0.25, 0.3) is 10.9 Å². The van der Waals surface area contributed by atoms with Crippen molar-refractivity contribution < 1.29 is 14.6 Å². The topological polar surface area (TPSA) is 72.3 Å². The van der Waals surface area contributed by atoms with E-state index in [9.17, 15) is 4.79 Å². The molecule has 0 spiro atoms. The number of aromatic nitrogens is 2. The van der Waals surface area contributed by atoms with E-state index < -0.39 is 5.97 Å². The van der Waals surface area contributed by atoms with Crippen molar-refractivity contribution in [2.24, 2.45) is 0 Å². The van der Waals surface area contributed by atoms with Gasteiger partial charge in [-0.2, -0.15) is 10.2 Å². The Labute approximate surface area is 98.0 Å². The number of ether oxygens (including phenoxy) is 1. The fourth-order valence-electron chi connectivity index (χ4n) is 1.54. The van der Waals surface area contributed by atoms with Crippen LogP contribution in [0.5, 0.6) is 5.75 Å². The van der Waals surface area contributed by atoms with Crippen LogP contribution in [0.2, 0.25) is 0 Å². The van der Waals surface area contributed by atoms with Crippen LogP contribution in [0.3, 0.4) is 0 Å². The predicted molar refractivity (Wildman–Crippen MR) is 62.0 cm³/mol. The van der Waals surface area contributed by atoms with Crippen molar-refractivity contribution in [3.63, 3.8) is 0 Å². The van der Waals surface area contributed by atoms with Crippen molar-refractivity contribution in [3.05, 3.63) is 30.0 Å². The number of fused-ring (bicyclic) bond motifs is 1. The lowest BCUT2D eigenvalue weighted by atomic mass is 10.1. The third kappa shape index (κ3) is 2.69. The van der Waals surface area contributed by atoms with E-state index >= 15 is 0 Å². The molecule has 0 atom stereocenters. The molecule has 1 aromatic carbocycles. The largest absolute Gasteiger partial charge is 0.497 e. The number of aryl methyl sites for hydroxylation is 1. The first-order valence-corrected chi connectivity index (χ1v) is 5.21. The zero-order valence-electron chi connectivity index (χ0n) is 9.38. The normalized spacial score (nSPS) is 10.4. The van der Waals surface area contributed by atoms with Crippen LogP contribution < -0.4 is 4.74 Å². The minimum Gasteiger partial charge on any atom is -0.497 e. The van der Waals surface area contributed by atoms with Gasteiger partial charge in [-0.15, -0.1) is 0 Å². The van der Waals surface area contributed by atoms with Gasteiger partial charge in [-0.25, -0.2) is 0 Å². The summed E-state index contributed by atoms with van der Waals surface area (Å²) in [5, 5.41) is 17.6. The number of methoxy groups -OCH3 is 1. The summed E-state index contributed by atoms with van der Waals surface area (Å²) in [7, 11) is 1.59. The highest BCUT2D eigenvalue weighted by Crippen LogP contribution is 2.19. The van der Waals surface area contributed by atoms with E-state index in [2.05, 4.69) is 10.2 Å². The Morgan fingerprint density at radius 1 is 1.35 bits per heavy atom. The molecule has 0 saturated heterocycles. The number of carboxylic acid groups (broad SMARTS) is 1. The molecule has 1 heterocycles. The summed E-state index contributed by atoms with van der Waals surface area (Å²) in [6.45, 7) is 0. The maximum absolute atomic E-state index is 10.5. The lowest BCUT2D eigenvalue weighted by Gasteiger charge is -2.03. The summed E-state index contributed by atoms with van der Waals surface area (Å²) in [5.74, 6) is -0.105. The molecule has 0 aliphatic heterocycles. The predicted octanol–water partition coefficient (Wildman–Crippen LogP) is 1.66. The van der Waals surface area contributed by atoms with Gasteiger partial charge < -0.3 is 9.84 Å². The molecule has 2 rings (SSSR count). The summed E-state index contributed by atoms with van der Waals surface area (Å²) in [5.41, 5.74) is 1.42. The summed E-state index contributed by atoms with van der Waals surface area (Å²) in [6, 6.07) is 7.37. The van der Waals surface area contributed by atoms with Gasteiger partial charge in [0.2, 0.25) is 0 Å². The third-order valence-electron chi connectivity index (χ3n) is 2.44. The molecule has 0 unspecified atom stereocenters. The second-order valence-corrected chi connectivity index (χ2v) is 3.65. The minimum absolute atomic E-state index is 0.0658. The first-order valence-electron chi connectivity index (χ1n) is 5.21. The van der Waals surface area contributed by atoms with E-state index in [1.165, 1.54) is 0 Å². The van der Waals surface area contributed by atoms with Crippen LogP contribution in [-0.4, -0.2) is 28.4 Å². The van der Waals surface area contributed by atoms with E-state index in [4.69, 9.17) is 9.84 Å². The van der Waals surface area contributed by atoms with Crippen LogP contribution in [-0.2, 0) is 11.2 Å². The van der Waals surface area contributed by atoms with Crippen molar-refractivity contribution in [2.75, 3.05) is 7.11 Å². The summed E-state index contributed by atoms with van der Waals surface area (Å²) in [6.07, 6.45) is 0.459. The van der Waals surface area contributed by atoms with Gasteiger partial charge in [0, 0.05) is 17.9 Å². The Bertz CT molecular complexity index is 554. The van der Waals surface area contributed by atoms with E-state index in [0.717, 1.165) is 16.7 Å². The van der Waals surface area contributed by atoms with Gasteiger partial charge in [0.15, 0.2) is 0 Å². The molecule has 0 amide bonds. The van der Waals surface area contributed by atoms with Crippen LogP contribution in [0.15, 0.2) is 24.3 Å². The van der Waals surface area contributed by atoms with Crippen molar-refractivity contribution in [3.8, 4) is 5.75 Å².